The smallest absolute Gasteiger partial charge is 0.790 e. The molecule has 0 rings (SSSR count). The Kier molecular flexibility index (Phi) is 29.0. The summed E-state index contributed by atoms with van der Waals surface area (Å²) in [6.45, 7) is 2.27. The normalized spacial score (nSPS) is 10.6. The minimum absolute atomic E-state index is 0. The van der Waals surface area contributed by atoms with Crippen LogP contribution in [0.1, 0.15) is 110 Å². The van der Waals surface area contributed by atoms with Crippen molar-refractivity contribution >= 4 is 51.5 Å². The maximum atomic E-state index is 10.3. The molecule has 0 saturated heterocycles. The van der Waals surface area contributed by atoms with Crippen LogP contribution in [-0.4, -0.2) is 53.7 Å². The van der Waals surface area contributed by atoms with Crippen LogP contribution < -0.4 is 9.79 Å². The largest absolute Gasteiger partial charge is 2.00 e. The molecule has 0 aromatic rings. The van der Waals surface area contributed by atoms with E-state index in [1.165, 1.54) is 83.5 Å². The summed E-state index contributed by atoms with van der Waals surface area (Å²) in [4.78, 5) is 34.6. The maximum Gasteiger partial charge on any atom is 2.00 e. The van der Waals surface area contributed by atoms with Crippen molar-refractivity contribution in [2.75, 3.05) is 0 Å². The number of aliphatic carboxylic acids is 1. The molecule has 152 valence electrons. The van der Waals surface area contributed by atoms with E-state index < -0.39 is 13.8 Å². The second-order valence-corrected chi connectivity index (χ2v) is 7.50. The molecule has 0 unspecified atom stereocenters. The molecule has 0 radical (unpaired) electrons. The third-order valence-corrected chi connectivity index (χ3v) is 3.99. The fourth-order valence-electron chi connectivity index (χ4n) is 2.65. The van der Waals surface area contributed by atoms with E-state index in [0.717, 1.165) is 12.8 Å². The number of phosphoric acid groups is 1. The zero-order chi connectivity index (χ0) is 19.4. The van der Waals surface area contributed by atoms with Gasteiger partial charge in [0.05, 0.1) is 7.82 Å². The summed E-state index contributed by atoms with van der Waals surface area (Å²) in [6.07, 6.45) is 20.2. The molecule has 0 bridgehead atoms. The van der Waals surface area contributed by atoms with Crippen molar-refractivity contribution in [3.63, 3.8) is 0 Å². The Labute approximate surface area is 189 Å². The number of hydrogen-bond donors (Lipinski definition) is 2. The van der Waals surface area contributed by atoms with E-state index in [-0.39, 0.29) is 37.7 Å². The van der Waals surface area contributed by atoms with Crippen LogP contribution in [0.5, 0.6) is 0 Å². The van der Waals surface area contributed by atoms with Crippen molar-refractivity contribution in [1.29, 1.82) is 0 Å². The van der Waals surface area contributed by atoms with Gasteiger partial charge in [-0.1, -0.05) is 96.8 Å². The van der Waals surface area contributed by atoms with E-state index in [2.05, 4.69) is 6.92 Å². The molecule has 6 nitrogen and oxygen atoms in total. The minimum Gasteiger partial charge on any atom is -0.790 e. The number of carbonyl (C=O) groups is 1. The van der Waals surface area contributed by atoms with E-state index in [9.17, 15) is 4.79 Å². The molecule has 0 amide bonds. The van der Waals surface area contributed by atoms with Gasteiger partial charge in [0.25, 0.3) is 0 Å². The summed E-state index contributed by atoms with van der Waals surface area (Å²) in [5, 5.41) is 8.52. The minimum atomic E-state index is -5.14. The van der Waals surface area contributed by atoms with Crippen LogP contribution in [-0.2, 0) is 9.36 Å². The van der Waals surface area contributed by atoms with Crippen LogP contribution in [0.4, 0.5) is 0 Å². The van der Waals surface area contributed by atoms with Crippen LogP contribution in [0.15, 0.2) is 0 Å². The van der Waals surface area contributed by atoms with Gasteiger partial charge in [-0.15, -0.1) is 0 Å². The molecule has 0 saturated carbocycles. The Morgan fingerprint density at radius 1 is 0.731 bits per heavy atom. The van der Waals surface area contributed by atoms with Gasteiger partial charge in [-0.05, 0) is 6.42 Å². The molecule has 0 atom stereocenters. The zero-order valence-electron chi connectivity index (χ0n) is 16.5. The number of hydrogen-bond acceptors (Lipinski definition) is 4. The SMILES string of the molecule is CCCCCCCCCCCCCCCCCC(=O)O.O=P([O-])([O-])O.[Ca+2]. The van der Waals surface area contributed by atoms with Crippen LogP contribution in [0.25, 0.3) is 0 Å². The van der Waals surface area contributed by atoms with Crippen molar-refractivity contribution < 1.29 is 29.1 Å². The molecule has 0 heterocycles. The quantitative estimate of drug-likeness (QED) is 0.223. The predicted octanol–water partition coefficient (Wildman–Crippen LogP) is 3.76. The van der Waals surface area contributed by atoms with E-state index >= 15 is 0 Å². The third kappa shape index (κ3) is 44.4. The van der Waals surface area contributed by atoms with Crippen molar-refractivity contribution in [2.24, 2.45) is 0 Å². The molecule has 0 aromatic carbocycles. The standard InChI is InChI=1S/C18H36O2.Ca.H3O4P/c1-2-3-4-5-6-7-8-9-10-11-12-13-14-15-16-17-18(19)20;;1-5(2,3)4/h2-17H2,1H3,(H,19,20);;(H3,1,2,3,4)/q;+2;/p-2. The molecule has 0 aliphatic heterocycles. The Morgan fingerprint density at radius 3 is 1.19 bits per heavy atom. The van der Waals surface area contributed by atoms with Crippen molar-refractivity contribution in [2.45, 2.75) is 110 Å². The average molecular weight is 421 g/mol. The molecule has 0 aliphatic carbocycles. The summed E-state index contributed by atoms with van der Waals surface area (Å²) >= 11 is 0. The fourth-order valence-corrected chi connectivity index (χ4v) is 2.65. The van der Waals surface area contributed by atoms with Crippen molar-refractivity contribution in [3.05, 3.63) is 0 Å². The van der Waals surface area contributed by atoms with E-state index in [0.29, 0.717) is 6.42 Å². The molecule has 0 aromatic heterocycles. The molecule has 0 fully saturated rings. The van der Waals surface area contributed by atoms with Gasteiger partial charge in [0, 0.05) is 6.42 Å². The van der Waals surface area contributed by atoms with Gasteiger partial charge in [-0.2, -0.15) is 0 Å². The van der Waals surface area contributed by atoms with Gasteiger partial charge in [0.2, 0.25) is 0 Å². The third-order valence-electron chi connectivity index (χ3n) is 3.99. The number of rotatable bonds is 16. The molecular formula is C18H37CaO6P. The van der Waals surface area contributed by atoms with Crippen molar-refractivity contribution in [3.8, 4) is 0 Å². The molecule has 0 aliphatic rings. The first-order valence-corrected chi connectivity index (χ1v) is 11.2. The maximum absolute atomic E-state index is 10.3. The van der Waals surface area contributed by atoms with Gasteiger partial charge in [-0.3, -0.25) is 4.79 Å². The molecule has 2 N–H and O–H groups in total. The number of unbranched alkanes of at least 4 members (excludes halogenated alkanes) is 14. The molecule has 8 heteroatoms. The average Bonchev–Trinajstić information content (AvgIpc) is 2.49. The van der Waals surface area contributed by atoms with E-state index in [4.69, 9.17) is 24.4 Å². The second kappa shape index (κ2) is 23.9. The summed E-state index contributed by atoms with van der Waals surface area (Å²) in [6, 6.07) is 0. The fraction of sp³-hybridized carbons (Fsp3) is 0.944. The van der Waals surface area contributed by atoms with Gasteiger partial charge in [0.1, 0.15) is 0 Å². The van der Waals surface area contributed by atoms with Crippen molar-refractivity contribution in [1.82, 2.24) is 0 Å². The first-order valence-electron chi connectivity index (χ1n) is 9.74. The Morgan fingerprint density at radius 2 is 0.962 bits per heavy atom. The van der Waals surface area contributed by atoms with Crippen LogP contribution >= 0.6 is 7.82 Å². The van der Waals surface area contributed by atoms with E-state index in [1.807, 2.05) is 0 Å². The summed E-state index contributed by atoms with van der Waals surface area (Å²) in [5.74, 6) is -0.653. The summed E-state index contributed by atoms with van der Waals surface area (Å²) < 4.78 is 8.66. The monoisotopic (exact) mass is 420 g/mol. The summed E-state index contributed by atoms with van der Waals surface area (Å²) in [7, 11) is -5.14. The Bertz CT molecular complexity index is 327. The second-order valence-electron chi connectivity index (χ2n) is 6.56. The number of carboxylic acids is 1. The van der Waals surface area contributed by atoms with Crippen LogP contribution in [0, 0.1) is 0 Å². The first-order chi connectivity index (χ1) is 11.8. The zero-order valence-corrected chi connectivity index (χ0v) is 19.6. The van der Waals surface area contributed by atoms with E-state index in [1.54, 1.807) is 0 Å². The topological polar surface area (TPSA) is 121 Å². The molecular weight excluding hydrogens is 383 g/mol. The number of carboxylic acid groups (broad SMARTS) is 1. The summed E-state index contributed by atoms with van der Waals surface area (Å²) in [5.41, 5.74) is 0. The van der Waals surface area contributed by atoms with Gasteiger partial charge in [-0.25, -0.2) is 0 Å². The van der Waals surface area contributed by atoms with Gasteiger partial charge in [0.15, 0.2) is 0 Å². The first kappa shape index (κ1) is 31.5. The predicted molar refractivity (Wildman–Crippen MR) is 103 cm³/mol. The Hall–Kier alpha value is 0.840. The van der Waals surface area contributed by atoms with Gasteiger partial charge >= 0.3 is 43.7 Å². The van der Waals surface area contributed by atoms with Crippen LogP contribution in [0.2, 0.25) is 0 Å². The Balaban J connectivity index is -0.000000772. The molecule has 26 heavy (non-hydrogen) atoms. The van der Waals surface area contributed by atoms with Crippen LogP contribution in [0.3, 0.4) is 0 Å². The van der Waals surface area contributed by atoms with Gasteiger partial charge < -0.3 is 24.4 Å². The molecule has 0 spiro atoms.